The number of amides is 1. The molecule has 1 heterocycles. The van der Waals surface area contributed by atoms with Gasteiger partial charge in [0.05, 0.1) is 23.8 Å². The van der Waals surface area contributed by atoms with Gasteiger partial charge in [-0.15, -0.1) is 0 Å². The molecule has 5 heteroatoms. The topological polar surface area (TPSA) is 67.0 Å². The number of imidazole rings is 1. The van der Waals surface area contributed by atoms with Gasteiger partial charge in [0.2, 0.25) is 5.91 Å². The minimum absolute atomic E-state index is 0.216. The molecule has 0 aliphatic carbocycles. The van der Waals surface area contributed by atoms with Crippen LogP contribution in [0.1, 0.15) is 5.56 Å². The normalized spacial score (nSPS) is 11.0. The third-order valence-corrected chi connectivity index (χ3v) is 4.35. The highest BCUT2D eigenvalue weighted by molar-refractivity contribution is 6.04. The number of nitrogens with zero attached hydrogens (tertiary/aromatic N) is 1. The van der Waals surface area contributed by atoms with Crippen molar-refractivity contribution in [2.75, 3.05) is 12.4 Å². The number of anilines is 1. The first-order valence-electron chi connectivity index (χ1n) is 8.90. The number of hydrogen-bond donors (Lipinski definition) is 2. The largest absolute Gasteiger partial charge is 0.497 e. The van der Waals surface area contributed by atoms with E-state index in [4.69, 9.17) is 4.74 Å². The third kappa shape index (κ3) is 3.78. The maximum absolute atomic E-state index is 12.4. The van der Waals surface area contributed by atoms with E-state index in [0.29, 0.717) is 11.5 Å². The predicted octanol–water partition coefficient (Wildman–Crippen LogP) is 4.89. The molecule has 2 N–H and O–H groups in total. The molecular weight excluding hydrogens is 350 g/mol. The van der Waals surface area contributed by atoms with Gasteiger partial charge in [0.25, 0.3) is 0 Å². The lowest BCUT2D eigenvalue weighted by Crippen LogP contribution is -2.08. The summed E-state index contributed by atoms with van der Waals surface area (Å²) in [6, 6.07) is 23.0. The van der Waals surface area contributed by atoms with Crippen molar-refractivity contribution in [2.24, 2.45) is 0 Å². The van der Waals surface area contributed by atoms with E-state index < -0.39 is 0 Å². The number of ether oxygens (including phenoxy) is 1. The lowest BCUT2D eigenvalue weighted by atomic mass is 10.1. The maximum Gasteiger partial charge on any atom is 0.248 e. The average Bonchev–Trinajstić information content (AvgIpc) is 3.17. The van der Waals surface area contributed by atoms with E-state index in [1.54, 1.807) is 13.2 Å². The van der Waals surface area contributed by atoms with Crippen LogP contribution in [0.25, 0.3) is 28.5 Å². The molecule has 4 rings (SSSR count). The molecule has 0 fully saturated rings. The molecule has 0 saturated carbocycles. The van der Waals surface area contributed by atoms with Gasteiger partial charge in [-0.1, -0.05) is 36.4 Å². The van der Waals surface area contributed by atoms with Gasteiger partial charge >= 0.3 is 0 Å². The summed E-state index contributed by atoms with van der Waals surface area (Å²) in [7, 11) is 1.62. The van der Waals surface area contributed by atoms with E-state index in [1.807, 2.05) is 72.8 Å². The monoisotopic (exact) mass is 369 g/mol. The Bertz CT molecular complexity index is 1130. The lowest BCUT2D eigenvalue weighted by Gasteiger charge is -2.07. The minimum atomic E-state index is -0.216. The Labute approximate surface area is 162 Å². The van der Waals surface area contributed by atoms with Crippen LogP contribution in [0.5, 0.6) is 5.75 Å². The molecule has 0 unspecified atom stereocenters. The van der Waals surface area contributed by atoms with E-state index in [9.17, 15) is 4.79 Å². The Hall–Kier alpha value is -3.86. The van der Waals surface area contributed by atoms with Gasteiger partial charge in [-0.3, -0.25) is 4.79 Å². The van der Waals surface area contributed by atoms with Gasteiger partial charge in [-0.25, -0.2) is 4.98 Å². The summed E-state index contributed by atoms with van der Waals surface area (Å²) in [5, 5.41) is 2.94. The second kappa shape index (κ2) is 7.80. The first-order chi connectivity index (χ1) is 13.7. The molecule has 0 aliphatic heterocycles. The van der Waals surface area contributed by atoms with Crippen LogP contribution in [0.4, 0.5) is 5.69 Å². The third-order valence-electron chi connectivity index (χ3n) is 4.35. The molecule has 28 heavy (non-hydrogen) atoms. The highest BCUT2D eigenvalue weighted by atomic mass is 16.5. The molecule has 0 aliphatic rings. The van der Waals surface area contributed by atoms with Gasteiger partial charge < -0.3 is 15.0 Å². The summed E-state index contributed by atoms with van der Waals surface area (Å²) in [4.78, 5) is 20.4. The van der Waals surface area contributed by atoms with Gasteiger partial charge in [-0.2, -0.15) is 0 Å². The van der Waals surface area contributed by atoms with Crippen molar-refractivity contribution in [2.45, 2.75) is 0 Å². The Morgan fingerprint density at radius 1 is 1.04 bits per heavy atom. The van der Waals surface area contributed by atoms with Crippen LogP contribution in [0.15, 0.2) is 78.9 Å². The summed E-state index contributed by atoms with van der Waals surface area (Å²) in [5.41, 5.74) is 4.26. The molecular formula is C23H19N3O2. The number of fused-ring (bicyclic) bond motifs is 1. The van der Waals surface area contributed by atoms with Crippen molar-refractivity contribution in [3.8, 4) is 17.1 Å². The SMILES string of the molecule is COc1cccc(/C=C/C(=O)Nc2ccccc2-c2nc3ccccc3[nH]2)c1. The fourth-order valence-corrected chi connectivity index (χ4v) is 2.97. The van der Waals surface area contributed by atoms with E-state index in [2.05, 4.69) is 15.3 Å². The molecule has 5 nitrogen and oxygen atoms in total. The summed E-state index contributed by atoms with van der Waals surface area (Å²) in [6.45, 7) is 0. The van der Waals surface area contributed by atoms with E-state index in [1.165, 1.54) is 6.08 Å². The quantitative estimate of drug-likeness (QED) is 0.492. The highest BCUT2D eigenvalue weighted by Gasteiger charge is 2.10. The van der Waals surface area contributed by atoms with Gasteiger partial charge in [0.1, 0.15) is 11.6 Å². The number of H-pyrrole nitrogens is 1. The van der Waals surface area contributed by atoms with Crippen molar-refractivity contribution in [3.05, 3.63) is 84.4 Å². The Morgan fingerprint density at radius 3 is 2.71 bits per heavy atom. The summed E-state index contributed by atoms with van der Waals surface area (Å²) in [5.74, 6) is 1.25. The molecule has 1 aromatic heterocycles. The zero-order valence-corrected chi connectivity index (χ0v) is 15.3. The standard InChI is InChI=1S/C23H19N3O2/c1-28-17-8-6-7-16(15-17)13-14-22(27)24-19-10-3-2-9-18(19)23-25-20-11-4-5-12-21(20)26-23/h2-15H,1H3,(H,24,27)(H,25,26)/b14-13+. The molecule has 0 bridgehead atoms. The number of aromatic nitrogens is 2. The van der Waals surface area contributed by atoms with Gasteiger partial charge in [-0.05, 0) is 48.0 Å². The Morgan fingerprint density at radius 2 is 1.86 bits per heavy atom. The Balaban J connectivity index is 1.56. The molecule has 0 spiro atoms. The van der Waals surface area contributed by atoms with E-state index in [-0.39, 0.29) is 5.91 Å². The first kappa shape index (κ1) is 17.5. The van der Waals surface area contributed by atoms with Crippen LogP contribution in [0, 0.1) is 0 Å². The van der Waals surface area contributed by atoms with Crippen LogP contribution in [0.2, 0.25) is 0 Å². The smallest absolute Gasteiger partial charge is 0.248 e. The molecule has 0 saturated heterocycles. The fraction of sp³-hybridized carbons (Fsp3) is 0.0435. The number of carbonyl (C=O) groups is 1. The number of nitrogens with one attached hydrogen (secondary N) is 2. The van der Waals surface area contributed by atoms with E-state index >= 15 is 0 Å². The summed E-state index contributed by atoms with van der Waals surface area (Å²) in [6.07, 6.45) is 3.26. The van der Waals surface area contributed by atoms with Crippen molar-refractivity contribution >= 4 is 28.7 Å². The molecule has 1 amide bonds. The maximum atomic E-state index is 12.4. The fourth-order valence-electron chi connectivity index (χ4n) is 2.97. The predicted molar refractivity (Wildman–Crippen MR) is 112 cm³/mol. The van der Waals surface area contributed by atoms with Crippen molar-refractivity contribution in [1.29, 1.82) is 0 Å². The van der Waals surface area contributed by atoms with Crippen LogP contribution in [0.3, 0.4) is 0 Å². The van der Waals surface area contributed by atoms with Crippen molar-refractivity contribution in [1.82, 2.24) is 9.97 Å². The zero-order valence-electron chi connectivity index (χ0n) is 15.3. The van der Waals surface area contributed by atoms with Gasteiger partial charge in [0.15, 0.2) is 0 Å². The second-order valence-electron chi connectivity index (χ2n) is 6.25. The Kier molecular flexibility index (Phi) is 4.89. The van der Waals surface area contributed by atoms with E-state index in [0.717, 1.165) is 27.9 Å². The number of aromatic amines is 1. The van der Waals surface area contributed by atoms with Crippen LogP contribution in [-0.2, 0) is 4.79 Å². The average molecular weight is 369 g/mol. The number of rotatable bonds is 5. The number of methoxy groups -OCH3 is 1. The zero-order chi connectivity index (χ0) is 19.3. The molecule has 0 atom stereocenters. The molecule has 138 valence electrons. The number of para-hydroxylation sites is 3. The van der Waals surface area contributed by atoms with Crippen LogP contribution < -0.4 is 10.1 Å². The summed E-state index contributed by atoms with van der Waals surface area (Å²) < 4.78 is 5.20. The molecule has 4 aromatic rings. The second-order valence-corrected chi connectivity index (χ2v) is 6.25. The number of hydrogen-bond acceptors (Lipinski definition) is 3. The van der Waals surface area contributed by atoms with Gasteiger partial charge in [0, 0.05) is 11.6 Å². The molecule has 0 radical (unpaired) electrons. The number of carbonyl (C=O) groups excluding carboxylic acids is 1. The minimum Gasteiger partial charge on any atom is -0.497 e. The first-order valence-corrected chi connectivity index (χ1v) is 8.90. The van der Waals surface area contributed by atoms with Crippen molar-refractivity contribution < 1.29 is 9.53 Å². The van der Waals surface area contributed by atoms with Crippen molar-refractivity contribution in [3.63, 3.8) is 0 Å². The number of benzene rings is 3. The summed E-state index contributed by atoms with van der Waals surface area (Å²) >= 11 is 0. The highest BCUT2D eigenvalue weighted by Crippen LogP contribution is 2.27. The lowest BCUT2D eigenvalue weighted by molar-refractivity contribution is -0.111. The molecule has 3 aromatic carbocycles. The van der Waals surface area contributed by atoms with Crippen LogP contribution in [-0.4, -0.2) is 23.0 Å². The van der Waals surface area contributed by atoms with Crippen LogP contribution >= 0.6 is 0 Å².